The lowest BCUT2D eigenvalue weighted by Crippen LogP contribution is -2.28. The van der Waals surface area contributed by atoms with Crippen LogP contribution in [0.3, 0.4) is 0 Å². The molecule has 0 aliphatic carbocycles. The van der Waals surface area contributed by atoms with Gasteiger partial charge in [-0.05, 0) is 17.8 Å². The molecule has 0 spiro atoms. The number of halogens is 1. The van der Waals surface area contributed by atoms with Gasteiger partial charge in [-0.1, -0.05) is 11.6 Å². The molecule has 58 valence electrons. The summed E-state index contributed by atoms with van der Waals surface area (Å²) in [6.07, 6.45) is 1.39. The number of rotatable bonds is 0. The number of carbonyl (C=O) groups is 1. The Hall–Kier alpha value is -0.460. The Morgan fingerprint density at radius 1 is 1.55 bits per heavy atom. The highest BCUT2D eigenvalue weighted by Gasteiger charge is 2.19. The van der Waals surface area contributed by atoms with Crippen molar-refractivity contribution in [2.24, 2.45) is 0 Å². The van der Waals surface area contributed by atoms with Crippen LogP contribution in [0.1, 0.15) is 12.8 Å². The zero-order valence-corrected chi connectivity index (χ0v) is 7.53. The molecule has 1 atom stereocenters. The van der Waals surface area contributed by atoms with Gasteiger partial charge in [-0.3, -0.25) is 4.79 Å². The van der Waals surface area contributed by atoms with Crippen LogP contribution < -0.4 is 5.32 Å². The van der Waals surface area contributed by atoms with E-state index < -0.39 is 0 Å². The topological polar surface area (TPSA) is 29.1 Å². The van der Waals surface area contributed by atoms with Crippen molar-refractivity contribution < 1.29 is 4.79 Å². The van der Waals surface area contributed by atoms with Gasteiger partial charge >= 0.3 is 0 Å². The largest absolute Gasteiger partial charge is 0.325 e. The van der Waals surface area contributed by atoms with Gasteiger partial charge in [0.05, 0.1) is 4.75 Å². The molecule has 1 N–H and O–H groups in total. The van der Waals surface area contributed by atoms with Gasteiger partial charge in [0.1, 0.15) is 0 Å². The minimum Gasteiger partial charge on any atom is -0.325 e. The van der Waals surface area contributed by atoms with Crippen LogP contribution in [-0.2, 0) is 4.79 Å². The molecule has 2 rings (SSSR count). The van der Waals surface area contributed by atoms with Crippen LogP contribution in [0.2, 0.25) is 0 Å². The Bertz CT molecular complexity index is 325. The van der Waals surface area contributed by atoms with E-state index >= 15 is 0 Å². The molecule has 1 amide bonds. The fourth-order valence-corrected chi connectivity index (χ4v) is 2.55. The van der Waals surface area contributed by atoms with Crippen LogP contribution in [-0.4, -0.2) is 16.5 Å². The molecule has 2 aliphatic heterocycles. The third kappa shape index (κ3) is 1.17. The summed E-state index contributed by atoms with van der Waals surface area (Å²) < 4.78 is 0.917. The Morgan fingerprint density at radius 2 is 2.36 bits per heavy atom. The molecule has 2 nitrogen and oxygen atoms in total. The number of carbonyl (C=O) groups excluding carboxylic acids is 1. The maximum atomic E-state index is 10.9. The van der Waals surface area contributed by atoms with Gasteiger partial charge in [0, 0.05) is 12.1 Å². The first-order valence-electron chi connectivity index (χ1n) is 3.43. The molecule has 2 aliphatic rings. The highest BCUT2D eigenvalue weighted by Crippen LogP contribution is 2.24. The molecule has 0 aromatic rings. The van der Waals surface area contributed by atoms with E-state index in [1.165, 1.54) is 0 Å². The zero-order chi connectivity index (χ0) is 7.84. The molecular weight excluding hydrogens is 181 g/mol. The fourth-order valence-electron chi connectivity index (χ4n) is 1.24. The molecule has 0 radical (unpaired) electrons. The summed E-state index contributed by atoms with van der Waals surface area (Å²) in [6.45, 7) is 0. The first-order valence-corrected chi connectivity index (χ1v) is 4.88. The summed E-state index contributed by atoms with van der Waals surface area (Å²) in [6, 6.07) is 0. The predicted octanol–water partition coefficient (Wildman–Crippen LogP) is 1.01. The van der Waals surface area contributed by atoms with Crippen molar-refractivity contribution in [3.63, 3.8) is 0 Å². The number of nitrogens with one attached hydrogen (secondary N) is 1. The second-order valence-corrected chi connectivity index (χ2v) is 4.32. The summed E-state index contributed by atoms with van der Waals surface area (Å²) in [5.41, 5.74) is 2.09. The Kier molecular flexibility index (Phi) is 1.67. The molecule has 11 heavy (non-hydrogen) atoms. The van der Waals surface area contributed by atoms with Gasteiger partial charge < -0.3 is 5.32 Å². The fraction of sp³-hybridized carbons (Fsp3) is 0.286. The van der Waals surface area contributed by atoms with Crippen LogP contribution in [0.15, 0.2) is 11.3 Å². The molecule has 2 heterocycles. The Balaban J connectivity index is 2.36. The predicted molar refractivity (Wildman–Crippen MR) is 49.6 cm³/mol. The molecular formula is C7H7ClNOP. The van der Waals surface area contributed by atoms with Crippen molar-refractivity contribution in [1.82, 2.24) is 5.32 Å². The molecule has 0 fully saturated rings. The lowest BCUT2D eigenvalue weighted by molar-refractivity contribution is -0.120. The van der Waals surface area contributed by atoms with E-state index in [-0.39, 0.29) is 5.91 Å². The maximum absolute atomic E-state index is 10.9. The third-order valence-corrected chi connectivity index (χ3v) is 3.35. The molecule has 0 saturated heterocycles. The molecule has 0 aromatic carbocycles. The maximum Gasteiger partial charge on any atom is 0.224 e. The first-order chi connectivity index (χ1) is 5.27. The van der Waals surface area contributed by atoms with E-state index in [9.17, 15) is 4.79 Å². The second kappa shape index (κ2) is 2.54. The van der Waals surface area contributed by atoms with Crippen molar-refractivity contribution in [3.8, 4) is 0 Å². The monoisotopic (exact) mass is 187 g/mol. The smallest absolute Gasteiger partial charge is 0.224 e. The Labute approximate surface area is 70.7 Å². The summed E-state index contributed by atoms with van der Waals surface area (Å²) in [4.78, 5) is 10.9. The molecule has 4 heteroatoms. The van der Waals surface area contributed by atoms with Crippen LogP contribution in [0.25, 0.3) is 0 Å². The molecule has 0 aromatic heterocycles. The standard InChI is InChI=1S/C7H7ClNOP/c8-7-4-1-2-6(10)9-5(4)3-11-7/h3,11H,1-2H2,(H,9,10). The number of allylic oxidation sites excluding steroid dienone is 2. The average molecular weight is 188 g/mol. The average Bonchev–Trinajstić information content (AvgIpc) is 2.32. The van der Waals surface area contributed by atoms with Gasteiger partial charge in [-0.15, -0.1) is 7.83 Å². The van der Waals surface area contributed by atoms with Gasteiger partial charge in [0.2, 0.25) is 5.91 Å². The van der Waals surface area contributed by atoms with Crippen molar-refractivity contribution >= 4 is 35.9 Å². The quantitative estimate of drug-likeness (QED) is 0.564. The highest BCUT2D eigenvalue weighted by atomic mass is 35.5. The minimum absolute atomic E-state index is 0.108. The Morgan fingerprint density at radius 3 is 3.18 bits per heavy atom. The lowest BCUT2D eigenvalue weighted by atomic mass is 10.1. The number of hydrogen-bond donors (Lipinski definition) is 1. The van der Waals surface area contributed by atoms with Gasteiger partial charge in [-0.2, -0.15) is 0 Å². The summed E-state index contributed by atoms with van der Waals surface area (Å²) in [7, 11) is 0.555. The zero-order valence-electron chi connectivity index (χ0n) is 5.78. The third-order valence-electron chi connectivity index (χ3n) is 1.81. The van der Waals surface area contributed by atoms with E-state index in [4.69, 9.17) is 11.6 Å². The minimum atomic E-state index is 0.108. The second-order valence-electron chi connectivity index (χ2n) is 2.54. The van der Waals surface area contributed by atoms with E-state index in [0.717, 1.165) is 22.4 Å². The SMILES string of the molecule is O=C1CCC2=C(C=[PH]=C2Cl)N1. The van der Waals surface area contributed by atoms with Crippen molar-refractivity contribution in [1.29, 1.82) is 0 Å². The van der Waals surface area contributed by atoms with Crippen LogP contribution >= 0.6 is 19.4 Å². The van der Waals surface area contributed by atoms with E-state index in [1.54, 1.807) is 0 Å². The summed E-state index contributed by atoms with van der Waals surface area (Å²) in [5.74, 6) is 2.10. The van der Waals surface area contributed by atoms with Crippen molar-refractivity contribution in [3.05, 3.63) is 11.3 Å². The normalized spacial score (nSPS) is 23.7. The van der Waals surface area contributed by atoms with Gasteiger partial charge in [0.15, 0.2) is 0 Å². The molecule has 0 bridgehead atoms. The van der Waals surface area contributed by atoms with E-state index in [2.05, 4.69) is 5.32 Å². The van der Waals surface area contributed by atoms with Crippen molar-refractivity contribution in [2.45, 2.75) is 12.8 Å². The molecule has 0 saturated carbocycles. The van der Waals surface area contributed by atoms with E-state index in [0.29, 0.717) is 14.2 Å². The summed E-state index contributed by atoms with van der Waals surface area (Å²) >= 11 is 5.92. The highest BCUT2D eigenvalue weighted by molar-refractivity contribution is 7.48. The van der Waals surface area contributed by atoms with Gasteiger partial charge in [-0.25, -0.2) is 0 Å². The lowest BCUT2D eigenvalue weighted by Gasteiger charge is -2.14. The van der Waals surface area contributed by atoms with Gasteiger partial charge in [0.25, 0.3) is 0 Å². The molecule has 1 unspecified atom stereocenters. The summed E-state index contributed by atoms with van der Waals surface area (Å²) in [5, 5.41) is 2.80. The van der Waals surface area contributed by atoms with Crippen LogP contribution in [0.4, 0.5) is 0 Å². The number of hydrogen-bond acceptors (Lipinski definition) is 1. The van der Waals surface area contributed by atoms with Crippen LogP contribution in [0, 0.1) is 0 Å². The number of amides is 1. The first kappa shape index (κ1) is 7.20. The van der Waals surface area contributed by atoms with Crippen LogP contribution in [0.5, 0.6) is 0 Å². The van der Waals surface area contributed by atoms with E-state index in [1.807, 2.05) is 5.80 Å². The van der Waals surface area contributed by atoms with Crippen molar-refractivity contribution in [2.75, 3.05) is 0 Å².